The second kappa shape index (κ2) is 7.14. The zero-order valence-electron chi connectivity index (χ0n) is 13.6. The third kappa shape index (κ3) is 3.76. The third-order valence-corrected chi connectivity index (χ3v) is 5.08. The monoisotopic (exact) mass is 362 g/mol. The number of carbonyl (C=O) groups is 1. The fraction of sp³-hybridized carbons (Fsp3) is 0.222. The maximum absolute atomic E-state index is 12.7. The summed E-state index contributed by atoms with van der Waals surface area (Å²) in [4.78, 5) is 18.8. The molecule has 1 heterocycles. The van der Waals surface area contributed by atoms with Crippen molar-refractivity contribution in [2.45, 2.75) is 19.6 Å². The number of halogens is 2. The van der Waals surface area contributed by atoms with Crippen LogP contribution < -0.4 is 4.74 Å². The number of aromatic nitrogens is 1. The van der Waals surface area contributed by atoms with Gasteiger partial charge in [0.15, 0.2) is 0 Å². The van der Waals surface area contributed by atoms with Gasteiger partial charge in [0.2, 0.25) is 0 Å². The molecule has 1 amide bonds. The summed E-state index contributed by atoms with van der Waals surface area (Å²) in [5, 5.41) is 0.817. The molecule has 3 rings (SSSR count). The van der Waals surface area contributed by atoms with Crippen LogP contribution in [0.3, 0.4) is 0 Å². The van der Waals surface area contributed by atoms with Crippen molar-refractivity contribution in [3.05, 3.63) is 59.1 Å². The van der Waals surface area contributed by atoms with Gasteiger partial charge < -0.3 is 9.64 Å². The maximum atomic E-state index is 12.7. The molecule has 0 bridgehead atoms. The second-order valence-corrected chi connectivity index (χ2v) is 6.58. The third-order valence-electron chi connectivity index (χ3n) is 3.88. The molecule has 4 nitrogen and oxygen atoms in total. The van der Waals surface area contributed by atoms with Gasteiger partial charge in [-0.2, -0.15) is 8.78 Å². The van der Waals surface area contributed by atoms with E-state index < -0.39 is 6.61 Å². The van der Waals surface area contributed by atoms with Gasteiger partial charge in [0.05, 0.1) is 16.3 Å². The Kier molecular flexibility index (Phi) is 4.94. The van der Waals surface area contributed by atoms with E-state index in [2.05, 4.69) is 9.72 Å². The molecule has 0 saturated carbocycles. The molecule has 0 spiro atoms. The summed E-state index contributed by atoms with van der Waals surface area (Å²) in [6.45, 7) is -1.04. The number of amides is 1. The largest absolute Gasteiger partial charge is 0.435 e. The Labute approximate surface area is 147 Å². The molecular weight excluding hydrogens is 346 g/mol. The number of ether oxygens (including phenoxy) is 1. The topological polar surface area (TPSA) is 42.4 Å². The Balaban J connectivity index is 1.81. The van der Waals surface area contributed by atoms with Crippen LogP contribution >= 0.6 is 11.3 Å². The fourth-order valence-corrected chi connectivity index (χ4v) is 3.48. The van der Waals surface area contributed by atoms with Crippen molar-refractivity contribution in [2.75, 3.05) is 7.05 Å². The molecule has 1 unspecified atom stereocenters. The summed E-state index contributed by atoms with van der Waals surface area (Å²) in [5.41, 5.74) is 1.18. The van der Waals surface area contributed by atoms with E-state index in [9.17, 15) is 13.6 Å². The highest BCUT2D eigenvalue weighted by Gasteiger charge is 2.22. The molecule has 7 heteroatoms. The summed E-state index contributed by atoms with van der Waals surface area (Å²) in [7, 11) is 1.67. The number of nitrogens with zero attached hydrogens (tertiary/aromatic N) is 2. The highest BCUT2D eigenvalue weighted by molar-refractivity contribution is 7.18. The molecule has 2 aromatic carbocycles. The van der Waals surface area contributed by atoms with Crippen LogP contribution in [0, 0.1) is 0 Å². The van der Waals surface area contributed by atoms with Gasteiger partial charge in [-0.05, 0) is 37.3 Å². The average Bonchev–Trinajstić information content (AvgIpc) is 3.03. The lowest BCUT2D eigenvalue weighted by atomic mass is 10.1. The van der Waals surface area contributed by atoms with Crippen LogP contribution in [0.5, 0.6) is 5.75 Å². The maximum Gasteiger partial charge on any atom is 0.387 e. The molecule has 25 heavy (non-hydrogen) atoms. The summed E-state index contributed by atoms with van der Waals surface area (Å²) >= 11 is 1.53. The van der Waals surface area contributed by atoms with Crippen molar-refractivity contribution in [1.82, 2.24) is 9.88 Å². The van der Waals surface area contributed by atoms with E-state index in [0.29, 0.717) is 0 Å². The van der Waals surface area contributed by atoms with Crippen molar-refractivity contribution in [2.24, 2.45) is 0 Å². The van der Waals surface area contributed by atoms with E-state index in [1.165, 1.54) is 29.5 Å². The zero-order chi connectivity index (χ0) is 18.0. The van der Waals surface area contributed by atoms with E-state index in [-0.39, 0.29) is 23.3 Å². The highest BCUT2D eigenvalue weighted by atomic mass is 32.1. The smallest absolute Gasteiger partial charge is 0.387 e. The molecule has 0 fully saturated rings. The lowest BCUT2D eigenvalue weighted by molar-refractivity contribution is -0.0499. The Bertz CT molecular complexity index is 864. The van der Waals surface area contributed by atoms with Crippen LogP contribution in [-0.4, -0.2) is 29.5 Å². The van der Waals surface area contributed by atoms with Crippen LogP contribution in [0.25, 0.3) is 10.2 Å². The van der Waals surface area contributed by atoms with E-state index >= 15 is 0 Å². The summed E-state index contributed by atoms with van der Waals surface area (Å²) in [6, 6.07) is 13.3. The minimum absolute atomic E-state index is 0.0399. The van der Waals surface area contributed by atoms with Crippen LogP contribution in [0.2, 0.25) is 0 Å². The van der Waals surface area contributed by atoms with E-state index in [1.807, 2.05) is 31.2 Å². The number of para-hydroxylation sites is 1. The Morgan fingerprint density at radius 3 is 2.68 bits per heavy atom. The van der Waals surface area contributed by atoms with E-state index in [0.717, 1.165) is 15.2 Å². The first kappa shape index (κ1) is 17.3. The van der Waals surface area contributed by atoms with Crippen LogP contribution in [0.15, 0.2) is 48.5 Å². The summed E-state index contributed by atoms with van der Waals surface area (Å²) < 4.78 is 30.1. The number of rotatable bonds is 5. The van der Waals surface area contributed by atoms with Gasteiger partial charge in [-0.15, -0.1) is 11.3 Å². The number of alkyl halides is 2. The second-order valence-electron chi connectivity index (χ2n) is 5.52. The van der Waals surface area contributed by atoms with Gasteiger partial charge in [0.25, 0.3) is 5.91 Å². The van der Waals surface area contributed by atoms with Gasteiger partial charge >= 0.3 is 6.61 Å². The predicted octanol–water partition coefficient (Wildman–Crippen LogP) is 4.73. The molecule has 0 aliphatic rings. The van der Waals surface area contributed by atoms with E-state index in [1.54, 1.807) is 18.0 Å². The van der Waals surface area contributed by atoms with Crippen LogP contribution in [-0.2, 0) is 0 Å². The minimum Gasteiger partial charge on any atom is -0.435 e. The number of fused-ring (bicyclic) bond motifs is 1. The molecule has 3 aromatic rings. The van der Waals surface area contributed by atoms with Crippen LogP contribution in [0.1, 0.15) is 28.3 Å². The Morgan fingerprint density at radius 1 is 1.20 bits per heavy atom. The molecule has 130 valence electrons. The zero-order valence-corrected chi connectivity index (χ0v) is 14.5. The SMILES string of the molecule is CC(c1nc2ccccc2s1)N(C)C(=O)c1cccc(OC(F)F)c1. The molecule has 0 aliphatic heterocycles. The van der Waals surface area contributed by atoms with Gasteiger partial charge in [0.1, 0.15) is 10.8 Å². The van der Waals surface area contributed by atoms with Gasteiger partial charge in [0, 0.05) is 12.6 Å². The number of benzene rings is 2. The van der Waals surface area contributed by atoms with Crippen LogP contribution in [0.4, 0.5) is 8.78 Å². The molecule has 0 aliphatic carbocycles. The first-order valence-corrected chi connectivity index (χ1v) is 8.45. The molecule has 1 aromatic heterocycles. The molecule has 0 radical (unpaired) electrons. The van der Waals surface area contributed by atoms with Gasteiger partial charge in [-0.1, -0.05) is 18.2 Å². The van der Waals surface area contributed by atoms with Crippen molar-refractivity contribution in [3.63, 3.8) is 0 Å². The fourth-order valence-electron chi connectivity index (χ4n) is 2.42. The number of hydrogen-bond acceptors (Lipinski definition) is 4. The summed E-state index contributed by atoms with van der Waals surface area (Å²) in [5.74, 6) is -0.326. The number of hydrogen-bond donors (Lipinski definition) is 0. The average molecular weight is 362 g/mol. The predicted molar refractivity (Wildman–Crippen MR) is 93.2 cm³/mol. The van der Waals surface area contributed by atoms with Crippen molar-refractivity contribution in [1.29, 1.82) is 0 Å². The highest BCUT2D eigenvalue weighted by Crippen LogP contribution is 2.29. The lowest BCUT2D eigenvalue weighted by Crippen LogP contribution is -2.29. The van der Waals surface area contributed by atoms with E-state index in [4.69, 9.17) is 0 Å². The molecule has 0 saturated heterocycles. The summed E-state index contributed by atoms with van der Waals surface area (Å²) in [6.07, 6.45) is 0. The van der Waals surface area contributed by atoms with Crippen molar-refractivity contribution >= 4 is 27.5 Å². The molecular formula is C18H16F2N2O2S. The van der Waals surface area contributed by atoms with Gasteiger partial charge in [-0.25, -0.2) is 4.98 Å². The first-order valence-electron chi connectivity index (χ1n) is 7.63. The quantitative estimate of drug-likeness (QED) is 0.659. The van der Waals surface area contributed by atoms with Gasteiger partial charge in [-0.3, -0.25) is 4.79 Å². The Hall–Kier alpha value is -2.54. The normalized spacial score (nSPS) is 12.4. The Morgan fingerprint density at radius 2 is 1.96 bits per heavy atom. The lowest BCUT2D eigenvalue weighted by Gasteiger charge is -2.23. The first-order chi connectivity index (χ1) is 12.0. The minimum atomic E-state index is -2.93. The standard InChI is InChI=1S/C18H16F2N2O2S/c1-11(16-21-14-8-3-4-9-15(14)25-16)22(2)17(23)12-6-5-7-13(10-12)24-18(19)20/h3-11,18H,1-2H3. The van der Waals surface area contributed by atoms with Crippen molar-refractivity contribution in [3.8, 4) is 5.75 Å². The van der Waals surface area contributed by atoms with Crippen molar-refractivity contribution < 1.29 is 18.3 Å². The molecule has 0 N–H and O–H groups in total. The number of thiazole rings is 1. The molecule has 1 atom stereocenters. The number of carbonyl (C=O) groups excluding carboxylic acids is 1.